The van der Waals surface area contributed by atoms with E-state index in [2.05, 4.69) is 47.3 Å². The monoisotopic (exact) mass is 492 g/mol. The van der Waals surface area contributed by atoms with Gasteiger partial charge in [0.05, 0.1) is 18.8 Å². The molecule has 9 atom stereocenters. The molecule has 5 rings (SSSR count). The van der Waals surface area contributed by atoms with E-state index in [0.717, 1.165) is 11.1 Å². The summed E-state index contributed by atoms with van der Waals surface area (Å²) in [4.78, 5) is 27.4. The van der Waals surface area contributed by atoms with Crippen LogP contribution in [0.15, 0.2) is 11.1 Å². The summed E-state index contributed by atoms with van der Waals surface area (Å²) in [5.41, 5.74) is -1.83. The van der Waals surface area contributed by atoms with E-state index in [-0.39, 0.29) is 30.5 Å². The van der Waals surface area contributed by atoms with Gasteiger partial charge >= 0.3 is 6.16 Å². The van der Waals surface area contributed by atoms with E-state index in [1.165, 1.54) is 0 Å². The second kappa shape index (κ2) is 6.96. The van der Waals surface area contributed by atoms with Gasteiger partial charge < -0.3 is 23.7 Å². The number of ether oxygens (including phenoxy) is 3. The second-order valence-electron chi connectivity index (χ2n) is 13.2. The number of rotatable bonds is 2. The normalized spacial score (nSPS) is 49.6. The fourth-order valence-electron chi connectivity index (χ4n) is 8.32. The minimum Gasteiger partial charge on any atom is -0.426 e. The molecular formula is C26H40O7Si. The summed E-state index contributed by atoms with van der Waals surface area (Å²) in [6, 6.07) is 0. The lowest BCUT2D eigenvalue weighted by molar-refractivity contribution is -0.327. The lowest BCUT2D eigenvalue weighted by Gasteiger charge is -2.66. The molecule has 34 heavy (non-hydrogen) atoms. The number of hydrogen-bond acceptors (Lipinski definition) is 7. The molecule has 6 unspecified atom stereocenters. The van der Waals surface area contributed by atoms with Crippen LogP contribution in [0.25, 0.3) is 0 Å². The van der Waals surface area contributed by atoms with Gasteiger partial charge in [0.15, 0.2) is 20.0 Å². The first-order valence-corrected chi connectivity index (χ1v) is 16.1. The molecule has 5 aliphatic rings. The molecule has 1 N–H and O–H groups in total. The third-order valence-electron chi connectivity index (χ3n) is 10.1. The van der Waals surface area contributed by atoms with Crippen LogP contribution < -0.4 is 0 Å². The fourth-order valence-corrected chi connectivity index (χ4v) is 9.44. The highest BCUT2D eigenvalue weighted by molar-refractivity contribution is 6.69. The molecule has 2 bridgehead atoms. The Hall–Kier alpha value is -1.22. The van der Waals surface area contributed by atoms with Crippen LogP contribution in [0.2, 0.25) is 19.6 Å². The maximum Gasteiger partial charge on any atom is 0.509 e. The molecule has 2 saturated heterocycles. The molecule has 190 valence electrons. The van der Waals surface area contributed by atoms with Crippen molar-refractivity contribution in [2.45, 2.75) is 104 Å². The second-order valence-corrected chi connectivity index (χ2v) is 17.7. The molecule has 0 aromatic carbocycles. The Morgan fingerprint density at radius 1 is 1.12 bits per heavy atom. The molecule has 2 heterocycles. The Kier molecular flexibility index (Phi) is 5.01. The Balaban J connectivity index is 1.80. The summed E-state index contributed by atoms with van der Waals surface area (Å²) in [6.45, 7) is 18.7. The van der Waals surface area contributed by atoms with Gasteiger partial charge in [-0.05, 0) is 50.0 Å². The number of carbonyl (C=O) groups is 2. The lowest BCUT2D eigenvalue weighted by atomic mass is 9.42. The molecule has 0 aromatic heterocycles. The van der Waals surface area contributed by atoms with Gasteiger partial charge in [0.2, 0.25) is 0 Å². The van der Waals surface area contributed by atoms with Gasteiger partial charge in [-0.25, -0.2) is 4.79 Å². The van der Waals surface area contributed by atoms with E-state index in [1.807, 2.05) is 13.8 Å². The maximum absolute atomic E-state index is 14.5. The van der Waals surface area contributed by atoms with Gasteiger partial charge in [0, 0.05) is 29.1 Å². The summed E-state index contributed by atoms with van der Waals surface area (Å²) >= 11 is 0. The highest BCUT2D eigenvalue weighted by Crippen LogP contribution is 2.67. The molecule has 4 fully saturated rings. The van der Waals surface area contributed by atoms with Gasteiger partial charge in [-0.15, -0.1) is 0 Å². The topological polar surface area (TPSA) is 91.3 Å². The minimum atomic E-state index is -1.97. The Morgan fingerprint density at radius 2 is 1.76 bits per heavy atom. The largest absolute Gasteiger partial charge is 0.509 e. The Bertz CT molecular complexity index is 982. The van der Waals surface area contributed by atoms with Crippen LogP contribution in [0.1, 0.15) is 54.4 Å². The van der Waals surface area contributed by atoms with Gasteiger partial charge in [-0.2, -0.15) is 0 Å². The van der Waals surface area contributed by atoms with Crippen LogP contribution in [0, 0.1) is 28.6 Å². The van der Waals surface area contributed by atoms with E-state index < -0.39 is 54.4 Å². The molecule has 0 amide bonds. The van der Waals surface area contributed by atoms with E-state index in [0.29, 0.717) is 12.8 Å². The summed E-state index contributed by atoms with van der Waals surface area (Å²) in [5, 5.41) is 12.0. The molecule has 2 aliphatic heterocycles. The van der Waals surface area contributed by atoms with Crippen molar-refractivity contribution in [3.63, 3.8) is 0 Å². The molecule has 7 nitrogen and oxygen atoms in total. The summed E-state index contributed by atoms with van der Waals surface area (Å²) in [5.74, 6) is -0.991. The summed E-state index contributed by atoms with van der Waals surface area (Å²) in [7, 11) is -1.97. The molecule has 3 aliphatic carbocycles. The van der Waals surface area contributed by atoms with Crippen LogP contribution >= 0.6 is 0 Å². The number of carbonyl (C=O) groups excluding carboxylic acids is 2. The van der Waals surface area contributed by atoms with Crippen LogP contribution in [0.3, 0.4) is 0 Å². The molecule has 2 saturated carbocycles. The predicted molar refractivity (Wildman–Crippen MR) is 128 cm³/mol. The third kappa shape index (κ3) is 2.80. The van der Waals surface area contributed by atoms with Crippen molar-refractivity contribution in [2.24, 2.45) is 28.6 Å². The van der Waals surface area contributed by atoms with Crippen molar-refractivity contribution in [3.05, 3.63) is 11.1 Å². The molecule has 0 radical (unpaired) electrons. The van der Waals surface area contributed by atoms with E-state index >= 15 is 0 Å². The Labute approximate surface area is 203 Å². The van der Waals surface area contributed by atoms with Crippen molar-refractivity contribution in [3.8, 4) is 0 Å². The first-order valence-electron chi connectivity index (χ1n) is 12.7. The predicted octanol–water partition coefficient (Wildman–Crippen LogP) is 4.24. The smallest absolute Gasteiger partial charge is 0.426 e. The van der Waals surface area contributed by atoms with Gasteiger partial charge in [-0.3, -0.25) is 4.79 Å². The third-order valence-corrected chi connectivity index (χ3v) is 11.1. The zero-order valence-corrected chi connectivity index (χ0v) is 23.0. The molecule has 0 aromatic rings. The summed E-state index contributed by atoms with van der Waals surface area (Å²) < 4.78 is 24.7. The average Bonchev–Trinajstić information content (AvgIpc) is 3.02. The quantitative estimate of drug-likeness (QED) is 0.350. The van der Waals surface area contributed by atoms with E-state index in [9.17, 15) is 14.7 Å². The zero-order valence-electron chi connectivity index (χ0n) is 22.0. The van der Waals surface area contributed by atoms with Crippen LogP contribution in [0.5, 0.6) is 0 Å². The van der Waals surface area contributed by atoms with Gasteiger partial charge in [0.1, 0.15) is 11.4 Å². The first kappa shape index (κ1) is 24.5. The van der Waals surface area contributed by atoms with Crippen molar-refractivity contribution in [2.75, 3.05) is 6.61 Å². The maximum atomic E-state index is 14.5. The highest BCUT2D eigenvalue weighted by Gasteiger charge is 2.78. The fraction of sp³-hybridized carbons (Fsp3) is 0.846. The SMILES string of the molecule is CC1=C2[C@@H](C)C(=O)[C@@]3(C)C(C4OC(=O)OC4(CC1O[Si](C)(C)C)C2(C)C)C1(O)COC1C[C@@H]3C. The van der Waals surface area contributed by atoms with Crippen molar-refractivity contribution in [1.82, 2.24) is 0 Å². The van der Waals surface area contributed by atoms with Crippen molar-refractivity contribution >= 4 is 20.3 Å². The number of aliphatic hydroxyl groups is 1. The number of hydrogen-bond donors (Lipinski definition) is 1. The van der Waals surface area contributed by atoms with Crippen LogP contribution in [0.4, 0.5) is 4.79 Å². The standard InChI is InChI=1S/C26H40O7Si/c1-13-10-17-25(29,12-30-17)19-21-26(32-22(28)31-21)11-16(33-34(7,8)9)14(2)18(23(26,4)5)15(3)20(27)24(13,19)6/h13,15-17,19,21,29H,10-12H2,1-9H3/t13-,15+,16?,17?,19?,21?,24+,25?,26?/m0/s1. The molecule has 1 spiro atoms. The van der Waals surface area contributed by atoms with Crippen LogP contribution in [-0.4, -0.2) is 61.5 Å². The lowest BCUT2D eigenvalue weighted by Crippen LogP contribution is -2.78. The highest BCUT2D eigenvalue weighted by atomic mass is 28.4. The molecular weight excluding hydrogens is 452 g/mol. The first-order chi connectivity index (χ1) is 15.5. The van der Waals surface area contributed by atoms with Crippen molar-refractivity contribution < 1.29 is 33.3 Å². The number of fused-ring (bicyclic) bond motifs is 5. The Morgan fingerprint density at radius 3 is 2.32 bits per heavy atom. The molecule has 8 heteroatoms. The van der Waals surface area contributed by atoms with E-state index in [4.69, 9.17) is 18.6 Å². The van der Waals surface area contributed by atoms with Gasteiger partial charge in [-0.1, -0.05) is 34.6 Å². The van der Waals surface area contributed by atoms with E-state index in [1.54, 1.807) is 0 Å². The van der Waals surface area contributed by atoms with Crippen LogP contribution in [-0.2, 0) is 23.4 Å². The van der Waals surface area contributed by atoms with Gasteiger partial charge in [0.25, 0.3) is 0 Å². The number of Topliss-reactive ketones (excluding diaryl/α,β-unsaturated/α-hetero) is 1. The average molecular weight is 493 g/mol. The summed E-state index contributed by atoms with van der Waals surface area (Å²) in [6.07, 6.45) is -1.14. The number of ketones is 1. The van der Waals surface area contributed by atoms with Crippen molar-refractivity contribution in [1.29, 1.82) is 0 Å². The minimum absolute atomic E-state index is 0.0498. The zero-order chi connectivity index (χ0) is 25.2.